The molecule has 6 nitrogen and oxygen atoms in total. The van der Waals surface area contributed by atoms with Gasteiger partial charge in [0.05, 0.1) is 38.5 Å². The van der Waals surface area contributed by atoms with Gasteiger partial charge in [-0.25, -0.2) is 9.79 Å². The number of hydrogen-bond donors (Lipinski definition) is 0. The zero-order valence-corrected chi connectivity index (χ0v) is 28.1. The second-order valence-electron chi connectivity index (χ2n) is 10.3. The molecule has 232 valence electrons. The first kappa shape index (κ1) is 31.9. The number of carbonyl (C=O) groups excluding carboxylic acids is 1. The zero-order chi connectivity index (χ0) is 32.2. The molecule has 46 heavy (non-hydrogen) atoms. The SMILES string of the molecule is CCOC(=O)C1=C(c2ccccc2)N=c2s/c(=C/c3ccc(OCc4ccc(Cl)c(Cl)c4)cc3)c(=O)n2[C@H]1c1ccc(SC)cc1. The van der Waals surface area contributed by atoms with Gasteiger partial charge in [-0.15, -0.1) is 11.8 Å². The van der Waals surface area contributed by atoms with Gasteiger partial charge in [-0.1, -0.05) is 95.2 Å². The molecule has 0 aliphatic carbocycles. The van der Waals surface area contributed by atoms with Crippen LogP contribution in [0.2, 0.25) is 10.0 Å². The molecule has 5 aromatic rings. The van der Waals surface area contributed by atoms with Crippen molar-refractivity contribution in [2.24, 2.45) is 4.99 Å². The van der Waals surface area contributed by atoms with E-state index in [1.165, 1.54) is 11.3 Å². The summed E-state index contributed by atoms with van der Waals surface area (Å²) in [4.78, 5) is 34.2. The van der Waals surface area contributed by atoms with E-state index < -0.39 is 12.0 Å². The van der Waals surface area contributed by atoms with Crippen molar-refractivity contribution in [1.29, 1.82) is 0 Å². The van der Waals surface area contributed by atoms with Gasteiger partial charge in [0.25, 0.3) is 5.56 Å². The maximum absolute atomic E-state index is 14.1. The highest BCUT2D eigenvalue weighted by molar-refractivity contribution is 7.98. The van der Waals surface area contributed by atoms with E-state index in [2.05, 4.69) is 0 Å². The van der Waals surface area contributed by atoms with Gasteiger partial charge in [-0.3, -0.25) is 9.36 Å². The third-order valence-corrected chi connectivity index (χ3v) is 9.84. The molecule has 0 N–H and O–H groups in total. The van der Waals surface area contributed by atoms with Crippen LogP contribution < -0.4 is 19.6 Å². The molecule has 0 saturated carbocycles. The maximum atomic E-state index is 14.1. The number of hydrogen-bond acceptors (Lipinski definition) is 7. The van der Waals surface area contributed by atoms with Crippen molar-refractivity contribution < 1.29 is 14.3 Å². The third kappa shape index (κ3) is 6.71. The fraction of sp³-hybridized carbons (Fsp3) is 0.139. The van der Waals surface area contributed by atoms with E-state index in [-0.39, 0.29) is 12.2 Å². The molecule has 0 bridgehead atoms. The summed E-state index contributed by atoms with van der Waals surface area (Å²) in [6, 6.07) is 29.6. The molecule has 1 aromatic heterocycles. The Bertz CT molecular complexity index is 2110. The lowest BCUT2D eigenvalue weighted by molar-refractivity contribution is -0.138. The number of ether oxygens (including phenoxy) is 2. The van der Waals surface area contributed by atoms with Crippen molar-refractivity contribution >= 4 is 64.0 Å². The summed E-state index contributed by atoms with van der Waals surface area (Å²) in [5, 5.41) is 0.970. The summed E-state index contributed by atoms with van der Waals surface area (Å²) in [6.07, 6.45) is 3.83. The first-order chi connectivity index (χ1) is 22.4. The molecule has 1 atom stereocenters. The Balaban J connectivity index is 1.42. The molecule has 0 spiro atoms. The van der Waals surface area contributed by atoms with Gasteiger partial charge in [0.1, 0.15) is 12.4 Å². The van der Waals surface area contributed by atoms with Gasteiger partial charge >= 0.3 is 5.97 Å². The summed E-state index contributed by atoms with van der Waals surface area (Å²) in [5.74, 6) is 0.166. The minimum atomic E-state index is -0.722. The molecule has 1 aliphatic rings. The van der Waals surface area contributed by atoms with E-state index in [4.69, 9.17) is 37.7 Å². The minimum absolute atomic E-state index is 0.195. The molecule has 2 heterocycles. The van der Waals surface area contributed by atoms with Crippen LogP contribution in [0.3, 0.4) is 0 Å². The molecule has 0 saturated heterocycles. The summed E-state index contributed by atoms with van der Waals surface area (Å²) < 4.78 is 13.6. The number of thiazole rings is 1. The topological polar surface area (TPSA) is 69.9 Å². The molecule has 0 radical (unpaired) electrons. The fourth-order valence-electron chi connectivity index (χ4n) is 5.15. The molecular weight excluding hydrogens is 659 g/mol. The number of rotatable bonds is 9. The molecule has 4 aromatic carbocycles. The lowest BCUT2D eigenvalue weighted by Gasteiger charge is -2.26. The Labute approximate surface area is 284 Å². The number of carbonyl (C=O) groups is 1. The Morgan fingerprint density at radius 2 is 1.72 bits per heavy atom. The van der Waals surface area contributed by atoms with E-state index in [0.717, 1.165) is 27.1 Å². The third-order valence-electron chi connectivity index (χ3n) is 7.37. The van der Waals surface area contributed by atoms with Gasteiger partial charge in [-0.05, 0) is 72.3 Å². The summed E-state index contributed by atoms with van der Waals surface area (Å²) >= 11 is 15.0. The smallest absolute Gasteiger partial charge is 0.338 e. The van der Waals surface area contributed by atoms with Crippen LogP contribution in [0.15, 0.2) is 117 Å². The van der Waals surface area contributed by atoms with Crippen molar-refractivity contribution in [3.05, 3.63) is 155 Å². The average molecular weight is 688 g/mol. The van der Waals surface area contributed by atoms with Crippen LogP contribution in [0.5, 0.6) is 5.75 Å². The van der Waals surface area contributed by atoms with Crippen LogP contribution in [0.1, 0.15) is 35.2 Å². The Kier molecular flexibility index (Phi) is 9.80. The quantitative estimate of drug-likeness (QED) is 0.118. The lowest BCUT2D eigenvalue weighted by atomic mass is 9.93. The number of halogens is 2. The molecule has 0 unspecified atom stereocenters. The summed E-state index contributed by atoms with van der Waals surface area (Å²) in [5.41, 5.74) is 3.86. The van der Waals surface area contributed by atoms with Gasteiger partial charge in [-0.2, -0.15) is 0 Å². The first-order valence-corrected chi connectivity index (χ1v) is 17.2. The number of thioether (sulfide) groups is 1. The summed E-state index contributed by atoms with van der Waals surface area (Å²) in [6.45, 7) is 2.29. The maximum Gasteiger partial charge on any atom is 0.338 e. The van der Waals surface area contributed by atoms with Crippen molar-refractivity contribution in [1.82, 2.24) is 4.57 Å². The van der Waals surface area contributed by atoms with Gasteiger partial charge in [0.15, 0.2) is 4.80 Å². The number of benzene rings is 4. The van der Waals surface area contributed by atoms with E-state index in [9.17, 15) is 9.59 Å². The highest BCUT2D eigenvalue weighted by atomic mass is 35.5. The number of fused-ring (bicyclic) bond motifs is 1. The van der Waals surface area contributed by atoms with Crippen molar-refractivity contribution in [3.63, 3.8) is 0 Å². The van der Waals surface area contributed by atoms with Gasteiger partial charge in [0.2, 0.25) is 0 Å². The van der Waals surface area contributed by atoms with E-state index in [1.54, 1.807) is 35.4 Å². The lowest BCUT2D eigenvalue weighted by Crippen LogP contribution is -2.40. The van der Waals surface area contributed by atoms with Crippen LogP contribution in [-0.2, 0) is 16.1 Å². The number of nitrogens with zero attached hydrogens (tertiary/aromatic N) is 2. The van der Waals surface area contributed by atoms with E-state index in [0.29, 0.717) is 43.0 Å². The van der Waals surface area contributed by atoms with Crippen molar-refractivity contribution in [2.75, 3.05) is 12.9 Å². The molecule has 1 aliphatic heterocycles. The Hall–Kier alpha value is -4.08. The summed E-state index contributed by atoms with van der Waals surface area (Å²) in [7, 11) is 0. The standard InChI is InChI=1S/C36H28Cl2N2O4S2/c1-3-43-35(42)31-32(24-7-5-4-6-8-24)39-36-40(33(31)25-12-16-27(45-2)17-13-25)34(41)30(46-36)20-22-9-14-26(15-10-22)44-21-23-11-18-28(37)29(38)19-23/h4-20,33H,3,21H2,1-2H3/b30-20+/t33-/m0/s1. The molecule has 10 heteroatoms. The van der Waals surface area contributed by atoms with Gasteiger partial charge < -0.3 is 9.47 Å². The second-order valence-corrected chi connectivity index (χ2v) is 13.0. The molecule has 6 rings (SSSR count). The van der Waals surface area contributed by atoms with Crippen LogP contribution in [0.25, 0.3) is 11.8 Å². The van der Waals surface area contributed by atoms with Crippen LogP contribution in [0.4, 0.5) is 0 Å². The molecular formula is C36H28Cl2N2O4S2. The highest BCUT2D eigenvalue weighted by Gasteiger charge is 2.35. The Morgan fingerprint density at radius 3 is 2.39 bits per heavy atom. The highest BCUT2D eigenvalue weighted by Crippen LogP contribution is 2.35. The Morgan fingerprint density at radius 1 is 0.978 bits per heavy atom. The number of esters is 1. The molecule has 0 amide bonds. The molecule has 0 fully saturated rings. The second kappa shape index (κ2) is 14.1. The van der Waals surface area contributed by atoms with E-state index >= 15 is 0 Å². The average Bonchev–Trinajstić information content (AvgIpc) is 3.39. The van der Waals surface area contributed by atoms with E-state index in [1.807, 2.05) is 97.3 Å². The van der Waals surface area contributed by atoms with Crippen LogP contribution in [0, 0.1) is 0 Å². The monoisotopic (exact) mass is 686 g/mol. The predicted molar refractivity (Wildman–Crippen MR) is 187 cm³/mol. The minimum Gasteiger partial charge on any atom is -0.489 e. The van der Waals surface area contributed by atoms with Gasteiger partial charge in [0, 0.05) is 10.5 Å². The zero-order valence-electron chi connectivity index (χ0n) is 24.9. The predicted octanol–water partition coefficient (Wildman–Crippen LogP) is 7.54. The van der Waals surface area contributed by atoms with Crippen molar-refractivity contribution in [2.45, 2.75) is 24.5 Å². The fourth-order valence-corrected chi connectivity index (χ4v) is 6.88. The first-order valence-electron chi connectivity index (χ1n) is 14.5. The van der Waals surface area contributed by atoms with Crippen molar-refractivity contribution in [3.8, 4) is 5.75 Å². The van der Waals surface area contributed by atoms with Crippen LogP contribution >= 0.6 is 46.3 Å². The largest absolute Gasteiger partial charge is 0.489 e. The van der Waals surface area contributed by atoms with Crippen LogP contribution in [-0.4, -0.2) is 23.4 Å². The number of aromatic nitrogens is 1. The normalized spacial score (nSPS) is 14.5.